The fourth-order valence-electron chi connectivity index (χ4n) is 2.38. The molecule has 3 rings (SSSR count). The summed E-state index contributed by atoms with van der Waals surface area (Å²) in [4.78, 5) is 12.3. The van der Waals surface area contributed by atoms with E-state index in [0.29, 0.717) is 18.1 Å². The predicted octanol–water partition coefficient (Wildman–Crippen LogP) is 2.72. The van der Waals surface area contributed by atoms with Gasteiger partial charge in [-0.25, -0.2) is 0 Å². The minimum atomic E-state index is -0.651. The lowest BCUT2D eigenvalue weighted by Crippen LogP contribution is -2.48. The molecule has 1 amide bonds. The fraction of sp³-hybridized carbons (Fsp3) is 0.316. The maximum Gasteiger partial charge on any atom is 0.265 e. The van der Waals surface area contributed by atoms with Crippen molar-refractivity contribution in [1.82, 2.24) is 5.32 Å². The van der Waals surface area contributed by atoms with Gasteiger partial charge >= 0.3 is 0 Å². The Morgan fingerprint density at radius 2 is 1.92 bits per heavy atom. The van der Waals surface area contributed by atoms with Crippen molar-refractivity contribution in [2.45, 2.75) is 26.0 Å². The van der Waals surface area contributed by atoms with Gasteiger partial charge in [-0.1, -0.05) is 29.8 Å². The molecule has 0 radical (unpaired) electrons. The van der Waals surface area contributed by atoms with Crippen molar-refractivity contribution in [3.63, 3.8) is 0 Å². The minimum Gasteiger partial charge on any atom is -0.491 e. The average Bonchev–Trinajstić information content (AvgIpc) is 2.61. The van der Waals surface area contributed by atoms with Crippen LogP contribution in [-0.4, -0.2) is 31.3 Å². The van der Waals surface area contributed by atoms with E-state index in [1.807, 2.05) is 56.3 Å². The molecule has 0 fully saturated rings. The lowest BCUT2D eigenvalue weighted by Gasteiger charge is -2.26. The summed E-state index contributed by atoms with van der Waals surface area (Å²) >= 11 is 0. The number of carbonyl (C=O) groups excluding carboxylic acids is 1. The average molecular weight is 327 g/mol. The fourth-order valence-corrected chi connectivity index (χ4v) is 2.38. The van der Waals surface area contributed by atoms with Gasteiger partial charge in [0.25, 0.3) is 5.91 Å². The van der Waals surface area contributed by atoms with Crippen LogP contribution < -0.4 is 19.5 Å². The molecule has 0 saturated carbocycles. The molecule has 1 aliphatic rings. The van der Waals surface area contributed by atoms with Gasteiger partial charge in [-0.3, -0.25) is 4.79 Å². The van der Waals surface area contributed by atoms with E-state index >= 15 is 0 Å². The second-order valence-corrected chi connectivity index (χ2v) is 5.90. The summed E-state index contributed by atoms with van der Waals surface area (Å²) in [5.41, 5.74) is 1.18. The first-order valence-electron chi connectivity index (χ1n) is 8.00. The van der Waals surface area contributed by atoms with Crippen LogP contribution in [-0.2, 0) is 4.79 Å². The molecule has 2 aromatic rings. The molecule has 0 aliphatic carbocycles. The lowest BCUT2D eigenvalue weighted by atomic mass is 10.2. The van der Waals surface area contributed by atoms with Crippen molar-refractivity contribution >= 4 is 5.91 Å². The highest BCUT2D eigenvalue weighted by Crippen LogP contribution is 2.30. The van der Waals surface area contributed by atoms with Crippen LogP contribution in [0.3, 0.4) is 0 Å². The van der Waals surface area contributed by atoms with Crippen molar-refractivity contribution < 1.29 is 19.0 Å². The van der Waals surface area contributed by atoms with Gasteiger partial charge in [0.2, 0.25) is 6.10 Å². The van der Waals surface area contributed by atoms with E-state index in [-0.39, 0.29) is 18.6 Å². The van der Waals surface area contributed by atoms with Crippen molar-refractivity contribution in [3.8, 4) is 17.2 Å². The molecule has 126 valence electrons. The van der Waals surface area contributed by atoms with Crippen LogP contribution in [0.15, 0.2) is 48.5 Å². The van der Waals surface area contributed by atoms with E-state index in [9.17, 15) is 4.79 Å². The maximum atomic E-state index is 12.3. The number of nitrogens with one attached hydrogen (secondary N) is 1. The van der Waals surface area contributed by atoms with Crippen LogP contribution in [0.2, 0.25) is 0 Å². The number of aryl methyl sites for hydroxylation is 1. The van der Waals surface area contributed by atoms with Crippen LogP contribution in [0.25, 0.3) is 0 Å². The molecule has 0 saturated heterocycles. The summed E-state index contributed by atoms with van der Waals surface area (Å²) in [5, 5.41) is 2.89. The molecule has 1 N–H and O–H groups in total. The van der Waals surface area contributed by atoms with Gasteiger partial charge in [0, 0.05) is 0 Å². The number of hydrogen-bond donors (Lipinski definition) is 1. The molecule has 2 atom stereocenters. The summed E-state index contributed by atoms with van der Waals surface area (Å²) in [7, 11) is 0. The molecule has 0 spiro atoms. The largest absolute Gasteiger partial charge is 0.491 e. The Balaban J connectivity index is 1.49. The van der Waals surface area contributed by atoms with Crippen LogP contribution in [0.4, 0.5) is 0 Å². The molecule has 0 bridgehead atoms. The molecule has 0 aromatic heterocycles. The highest BCUT2D eigenvalue weighted by Gasteiger charge is 2.28. The van der Waals surface area contributed by atoms with E-state index in [1.165, 1.54) is 5.56 Å². The molecular formula is C19H21NO4. The summed E-state index contributed by atoms with van der Waals surface area (Å²) in [6.07, 6.45) is -0.651. The van der Waals surface area contributed by atoms with Crippen molar-refractivity contribution in [2.24, 2.45) is 0 Å². The Morgan fingerprint density at radius 1 is 1.21 bits per heavy atom. The van der Waals surface area contributed by atoms with Gasteiger partial charge in [0.15, 0.2) is 11.5 Å². The quantitative estimate of drug-likeness (QED) is 0.917. The van der Waals surface area contributed by atoms with E-state index in [2.05, 4.69) is 5.32 Å². The number of ether oxygens (including phenoxy) is 3. The smallest absolute Gasteiger partial charge is 0.265 e. The number of fused-ring (bicyclic) bond motifs is 1. The molecule has 24 heavy (non-hydrogen) atoms. The third kappa shape index (κ3) is 3.98. The number of para-hydroxylation sites is 2. The lowest BCUT2D eigenvalue weighted by molar-refractivity contribution is -0.131. The van der Waals surface area contributed by atoms with Crippen LogP contribution in [0.1, 0.15) is 12.5 Å². The molecule has 5 nitrogen and oxygen atoms in total. The number of benzene rings is 2. The van der Waals surface area contributed by atoms with Gasteiger partial charge in [-0.2, -0.15) is 0 Å². The molecule has 1 heterocycles. The predicted molar refractivity (Wildman–Crippen MR) is 90.6 cm³/mol. The molecule has 2 aromatic carbocycles. The van der Waals surface area contributed by atoms with Crippen LogP contribution in [0, 0.1) is 6.92 Å². The van der Waals surface area contributed by atoms with E-state index < -0.39 is 6.10 Å². The maximum absolute atomic E-state index is 12.3. The first-order chi connectivity index (χ1) is 11.6. The number of carbonyl (C=O) groups is 1. The monoisotopic (exact) mass is 327 g/mol. The number of hydrogen-bond acceptors (Lipinski definition) is 4. The van der Waals surface area contributed by atoms with Gasteiger partial charge in [0.1, 0.15) is 19.0 Å². The summed E-state index contributed by atoms with van der Waals surface area (Å²) < 4.78 is 16.9. The molecular weight excluding hydrogens is 306 g/mol. The van der Waals surface area contributed by atoms with Crippen LogP contribution >= 0.6 is 0 Å². The Labute approximate surface area is 141 Å². The third-order valence-electron chi connectivity index (χ3n) is 3.71. The molecule has 5 heteroatoms. The Bertz CT molecular complexity index is 699. The number of amides is 1. The minimum absolute atomic E-state index is 0.139. The summed E-state index contributed by atoms with van der Waals surface area (Å²) in [6.45, 7) is 4.51. The second-order valence-electron chi connectivity index (χ2n) is 5.90. The van der Waals surface area contributed by atoms with E-state index in [4.69, 9.17) is 14.2 Å². The normalized spacial score (nSPS) is 17.0. The van der Waals surface area contributed by atoms with Gasteiger partial charge in [-0.15, -0.1) is 0 Å². The van der Waals surface area contributed by atoms with Gasteiger partial charge in [0.05, 0.1) is 6.04 Å². The van der Waals surface area contributed by atoms with Gasteiger partial charge in [-0.05, 0) is 38.1 Å². The highest BCUT2D eigenvalue weighted by atomic mass is 16.6. The molecule has 1 aliphatic heterocycles. The standard InChI is InChI=1S/C19H21NO4/c1-13-7-9-15(10-8-13)22-11-14(2)20-19(21)18-12-23-16-5-3-4-6-17(16)24-18/h3-10,14,18H,11-12H2,1-2H3,(H,20,21). The second kappa shape index (κ2) is 7.25. The zero-order valence-corrected chi connectivity index (χ0v) is 13.8. The van der Waals surface area contributed by atoms with E-state index in [0.717, 1.165) is 5.75 Å². The van der Waals surface area contributed by atoms with Crippen molar-refractivity contribution in [1.29, 1.82) is 0 Å². The third-order valence-corrected chi connectivity index (χ3v) is 3.71. The van der Waals surface area contributed by atoms with Gasteiger partial charge < -0.3 is 19.5 Å². The Kier molecular flexibility index (Phi) is 4.89. The first kappa shape index (κ1) is 16.2. The number of rotatable bonds is 5. The SMILES string of the molecule is Cc1ccc(OCC(C)NC(=O)C2COc3ccccc3O2)cc1. The zero-order chi connectivity index (χ0) is 16.9. The Hall–Kier alpha value is -2.69. The zero-order valence-electron chi connectivity index (χ0n) is 13.8. The summed E-state index contributed by atoms with van der Waals surface area (Å²) in [5.74, 6) is 1.84. The topological polar surface area (TPSA) is 56.8 Å². The molecule has 2 unspecified atom stereocenters. The highest BCUT2D eigenvalue weighted by molar-refractivity contribution is 5.82. The van der Waals surface area contributed by atoms with Crippen molar-refractivity contribution in [2.75, 3.05) is 13.2 Å². The van der Waals surface area contributed by atoms with E-state index in [1.54, 1.807) is 6.07 Å². The van der Waals surface area contributed by atoms with Crippen LogP contribution in [0.5, 0.6) is 17.2 Å². The summed E-state index contributed by atoms with van der Waals surface area (Å²) in [6, 6.07) is 15.0. The van der Waals surface area contributed by atoms with Crippen molar-refractivity contribution in [3.05, 3.63) is 54.1 Å². The Morgan fingerprint density at radius 3 is 2.67 bits per heavy atom. The first-order valence-corrected chi connectivity index (χ1v) is 8.00.